The third-order valence-electron chi connectivity index (χ3n) is 2.84. The molecule has 1 aromatic rings. The number of carboxylic acids is 1. The molecule has 0 radical (unpaired) electrons. The summed E-state index contributed by atoms with van der Waals surface area (Å²) in [4.78, 5) is 10.4. The Morgan fingerprint density at radius 1 is 1.39 bits per heavy atom. The quantitative estimate of drug-likeness (QED) is 0.711. The molecular weight excluding hydrogens is 238 g/mol. The molecular formula is C12H15NO5. The summed E-state index contributed by atoms with van der Waals surface area (Å²) >= 11 is 0. The standard InChI is InChI=1S/C12H15NO5/c13-8(2-4-11(14)15)12(16)7-1-3-9-10(5-7)18-6-17-9/h1,3,5,8,12,16H,2,4,6,13H2,(H,14,15). The van der Waals surface area contributed by atoms with Crippen molar-refractivity contribution in [3.63, 3.8) is 0 Å². The number of carbonyl (C=O) groups is 1. The van der Waals surface area contributed by atoms with Gasteiger partial charge in [-0.3, -0.25) is 4.79 Å². The van der Waals surface area contributed by atoms with E-state index in [1.165, 1.54) is 0 Å². The zero-order valence-electron chi connectivity index (χ0n) is 9.70. The van der Waals surface area contributed by atoms with Crippen LogP contribution in [-0.2, 0) is 4.79 Å². The molecule has 0 aromatic heterocycles. The summed E-state index contributed by atoms with van der Waals surface area (Å²) in [5.41, 5.74) is 6.35. The fraction of sp³-hybridized carbons (Fsp3) is 0.417. The summed E-state index contributed by atoms with van der Waals surface area (Å²) in [6.07, 6.45) is -0.771. The van der Waals surface area contributed by atoms with Crippen molar-refractivity contribution in [3.8, 4) is 11.5 Å². The van der Waals surface area contributed by atoms with Crippen LogP contribution in [0.1, 0.15) is 24.5 Å². The summed E-state index contributed by atoms with van der Waals surface area (Å²) in [7, 11) is 0. The van der Waals surface area contributed by atoms with Crippen LogP contribution in [0.5, 0.6) is 11.5 Å². The van der Waals surface area contributed by atoms with Gasteiger partial charge in [0.15, 0.2) is 11.5 Å². The van der Waals surface area contributed by atoms with E-state index in [1.54, 1.807) is 18.2 Å². The van der Waals surface area contributed by atoms with Crippen molar-refractivity contribution in [2.45, 2.75) is 25.0 Å². The third-order valence-corrected chi connectivity index (χ3v) is 2.84. The van der Waals surface area contributed by atoms with Crippen LogP contribution in [0.3, 0.4) is 0 Å². The normalized spacial score (nSPS) is 16.3. The van der Waals surface area contributed by atoms with Gasteiger partial charge in [0.25, 0.3) is 0 Å². The lowest BCUT2D eigenvalue weighted by atomic mass is 9.99. The fourth-order valence-corrected chi connectivity index (χ4v) is 1.79. The van der Waals surface area contributed by atoms with Crippen LogP contribution in [0.15, 0.2) is 18.2 Å². The smallest absolute Gasteiger partial charge is 0.303 e. The third kappa shape index (κ3) is 2.72. The lowest BCUT2D eigenvalue weighted by molar-refractivity contribution is -0.137. The van der Waals surface area contributed by atoms with E-state index in [-0.39, 0.29) is 19.6 Å². The maximum absolute atomic E-state index is 10.4. The van der Waals surface area contributed by atoms with Gasteiger partial charge in [0, 0.05) is 12.5 Å². The Hall–Kier alpha value is -1.79. The van der Waals surface area contributed by atoms with Crippen molar-refractivity contribution in [2.75, 3.05) is 6.79 Å². The molecule has 2 unspecified atom stereocenters. The molecule has 1 aromatic carbocycles. The van der Waals surface area contributed by atoms with E-state index in [4.69, 9.17) is 20.3 Å². The number of nitrogens with two attached hydrogens (primary N) is 1. The molecule has 0 amide bonds. The first-order valence-corrected chi connectivity index (χ1v) is 5.63. The predicted octanol–water partition coefficient (Wildman–Crippen LogP) is 0.641. The fourth-order valence-electron chi connectivity index (χ4n) is 1.79. The Kier molecular flexibility index (Phi) is 3.69. The molecule has 0 saturated heterocycles. The van der Waals surface area contributed by atoms with Crippen LogP contribution in [-0.4, -0.2) is 29.0 Å². The monoisotopic (exact) mass is 253 g/mol. The molecule has 0 spiro atoms. The van der Waals surface area contributed by atoms with Crippen LogP contribution in [0.2, 0.25) is 0 Å². The van der Waals surface area contributed by atoms with E-state index >= 15 is 0 Å². The Morgan fingerprint density at radius 3 is 2.83 bits per heavy atom. The van der Waals surface area contributed by atoms with Gasteiger partial charge in [-0.2, -0.15) is 0 Å². The number of hydrogen-bond donors (Lipinski definition) is 3. The zero-order chi connectivity index (χ0) is 13.1. The van der Waals surface area contributed by atoms with E-state index in [1.807, 2.05) is 0 Å². The molecule has 1 aliphatic rings. The number of aliphatic hydroxyl groups is 1. The number of carboxylic acid groups (broad SMARTS) is 1. The number of aliphatic carboxylic acids is 1. The lowest BCUT2D eigenvalue weighted by Gasteiger charge is -2.18. The molecule has 1 heterocycles. The van der Waals surface area contributed by atoms with Crippen molar-refractivity contribution in [3.05, 3.63) is 23.8 Å². The highest BCUT2D eigenvalue weighted by Crippen LogP contribution is 2.34. The van der Waals surface area contributed by atoms with Crippen LogP contribution in [0.25, 0.3) is 0 Å². The molecule has 2 atom stereocenters. The van der Waals surface area contributed by atoms with Gasteiger partial charge in [0.2, 0.25) is 6.79 Å². The summed E-state index contributed by atoms with van der Waals surface area (Å²) in [6.45, 7) is 0.167. The molecule has 6 nitrogen and oxygen atoms in total. The van der Waals surface area contributed by atoms with Gasteiger partial charge in [-0.15, -0.1) is 0 Å². The van der Waals surface area contributed by atoms with Gasteiger partial charge >= 0.3 is 5.97 Å². The Labute approximate surface area is 104 Å². The molecule has 0 saturated carbocycles. The van der Waals surface area contributed by atoms with Crippen LogP contribution >= 0.6 is 0 Å². The molecule has 18 heavy (non-hydrogen) atoms. The molecule has 2 rings (SSSR count). The second-order valence-electron chi connectivity index (χ2n) is 4.15. The molecule has 6 heteroatoms. The Balaban J connectivity index is 2.04. The van der Waals surface area contributed by atoms with Crippen molar-refractivity contribution in [1.82, 2.24) is 0 Å². The molecule has 0 aliphatic carbocycles. The van der Waals surface area contributed by atoms with Crippen LogP contribution < -0.4 is 15.2 Å². The molecule has 1 aliphatic heterocycles. The average Bonchev–Trinajstić information content (AvgIpc) is 2.81. The van der Waals surface area contributed by atoms with Gasteiger partial charge in [-0.1, -0.05) is 6.07 Å². The minimum absolute atomic E-state index is 0.0667. The molecule has 4 N–H and O–H groups in total. The van der Waals surface area contributed by atoms with E-state index in [9.17, 15) is 9.90 Å². The van der Waals surface area contributed by atoms with Crippen molar-refractivity contribution < 1.29 is 24.5 Å². The first kappa shape index (κ1) is 12.7. The minimum Gasteiger partial charge on any atom is -0.481 e. The first-order chi connectivity index (χ1) is 8.58. The zero-order valence-corrected chi connectivity index (χ0v) is 9.70. The number of aliphatic hydroxyl groups excluding tert-OH is 1. The van der Waals surface area contributed by atoms with E-state index in [0.717, 1.165) is 0 Å². The minimum atomic E-state index is -0.927. The summed E-state index contributed by atoms with van der Waals surface area (Å²) in [6, 6.07) is 4.43. The van der Waals surface area contributed by atoms with Crippen LogP contribution in [0.4, 0.5) is 0 Å². The first-order valence-electron chi connectivity index (χ1n) is 5.63. The topological polar surface area (TPSA) is 102 Å². The second kappa shape index (κ2) is 5.24. The van der Waals surface area contributed by atoms with E-state index < -0.39 is 18.1 Å². The lowest BCUT2D eigenvalue weighted by Crippen LogP contribution is -2.29. The molecule has 0 bridgehead atoms. The van der Waals surface area contributed by atoms with Gasteiger partial charge in [-0.05, 0) is 24.1 Å². The number of benzene rings is 1. The van der Waals surface area contributed by atoms with Gasteiger partial charge < -0.3 is 25.4 Å². The van der Waals surface area contributed by atoms with Gasteiger partial charge in [-0.25, -0.2) is 0 Å². The highest BCUT2D eigenvalue weighted by Gasteiger charge is 2.21. The largest absolute Gasteiger partial charge is 0.481 e. The van der Waals surface area contributed by atoms with Crippen molar-refractivity contribution in [2.24, 2.45) is 5.73 Å². The summed E-state index contributed by atoms with van der Waals surface area (Å²) < 4.78 is 10.4. The Morgan fingerprint density at radius 2 is 2.11 bits per heavy atom. The second-order valence-corrected chi connectivity index (χ2v) is 4.15. The van der Waals surface area contributed by atoms with Crippen molar-refractivity contribution >= 4 is 5.97 Å². The van der Waals surface area contributed by atoms with E-state index in [0.29, 0.717) is 17.1 Å². The molecule has 0 fully saturated rings. The van der Waals surface area contributed by atoms with Crippen LogP contribution in [0, 0.1) is 0 Å². The number of hydrogen-bond acceptors (Lipinski definition) is 5. The van der Waals surface area contributed by atoms with Gasteiger partial charge in [0.1, 0.15) is 0 Å². The molecule has 98 valence electrons. The summed E-state index contributed by atoms with van der Waals surface area (Å²) in [5.74, 6) is 0.269. The highest BCUT2D eigenvalue weighted by molar-refractivity contribution is 5.66. The maximum atomic E-state index is 10.4. The van der Waals surface area contributed by atoms with E-state index in [2.05, 4.69) is 0 Å². The Bertz CT molecular complexity index is 448. The number of ether oxygens (including phenoxy) is 2. The van der Waals surface area contributed by atoms with Gasteiger partial charge in [0.05, 0.1) is 6.10 Å². The highest BCUT2D eigenvalue weighted by atomic mass is 16.7. The number of rotatable bonds is 5. The average molecular weight is 253 g/mol. The number of fused-ring (bicyclic) bond motifs is 1. The maximum Gasteiger partial charge on any atom is 0.303 e. The summed E-state index contributed by atoms with van der Waals surface area (Å²) in [5, 5.41) is 18.6. The predicted molar refractivity (Wildman–Crippen MR) is 62.4 cm³/mol. The SMILES string of the molecule is NC(CCC(=O)O)C(O)c1ccc2c(c1)OCO2. The van der Waals surface area contributed by atoms with Crippen molar-refractivity contribution in [1.29, 1.82) is 0 Å².